The van der Waals surface area contributed by atoms with Crippen molar-refractivity contribution >= 4 is 39.7 Å². The molecule has 2 aromatic heterocycles. The third kappa shape index (κ3) is 4.71. The number of halogens is 3. The number of rotatable bonds is 5. The average molecular weight is 488 g/mol. The monoisotopic (exact) mass is 487 g/mol. The lowest BCUT2D eigenvalue weighted by molar-refractivity contribution is -0.181. The normalized spacial score (nSPS) is 19.3. The molecule has 7 nitrogen and oxygen atoms in total. The molecule has 3 N–H and O–H groups in total. The van der Waals surface area contributed by atoms with Crippen molar-refractivity contribution in [3.63, 3.8) is 0 Å². The van der Waals surface area contributed by atoms with Crippen LogP contribution >= 0.6 is 23.6 Å². The Hall–Kier alpha value is -2.31. The highest BCUT2D eigenvalue weighted by molar-refractivity contribution is 7.80. The summed E-state index contributed by atoms with van der Waals surface area (Å²) < 4.78 is 45.7. The van der Waals surface area contributed by atoms with Gasteiger partial charge in [0, 0.05) is 26.3 Å². The second-order valence-electron chi connectivity index (χ2n) is 8.08. The molecule has 3 rings (SSSR count). The number of anilines is 1. The number of nitrogens with one attached hydrogen (secondary N) is 1. The number of likely N-dealkylation sites (tertiary alicyclic amines) is 1. The van der Waals surface area contributed by atoms with Crippen LogP contribution in [0.4, 0.5) is 23.1 Å². The van der Waals surface area contributed by atoms with Crippen LogP contribution in [0.2, 0.25) is 0 Å². The fourth-order valence-corrected chi connectivity index (χ4v) is 4.58. The largest absolute Gasteiger partial charge is 0.399 e. The van der Waals surface area contributed by atoms with Gasteiger partial charge in [-0.25, -0.2) is 9.78 Å². The fraction of sp³-hybridized carbons (Fsp3) is 0.500. The smallest absolute Gasteiger partial charge is 0.392 e. The van der Waals surface area contributed by atoms with E-state index in [9.17, 15) is 18.0 Å². The van der Waals surface area contributed by atoms with Crippen molar-refractivity contribution in [3.05, 3.63) is 29.7 Å². The van der Waals surface area contributed by atoms with Crippen LogP contribution in [-0.2, 0) is 10.2 Å². The molecule has 2 atom stereocenters. The van der Waals surface area contributed by atoms with Crippen LogP contribution in [-0.4, -0.2) is 57.9 Å². The van der Waals surface area contributed by atoms with E-state index in [1.165, 1.54) is 28.5 Å². The van der Waals surface area contributed by atoms with Crippen LogP contribution in [0.1, 0.15) is 31.7 Å². The Kier molecular flexibility index (Phi) is 6.78. The predicted molar refractivity (Wildman–Crippen MR) is 121 cm³/mol. The summed E-state index contributed by atoms with van der Waals surface area (Å²) >= 11 is 6.24. The Bertz CT molecular complexity index is 1020. The molecule has 0 bridgehead atoms. The molecule has 174 valence electrons. The van der Waals surface area contributed by atoms with Crippen LogP contribution < -0.4 is 11.1 Å². The molecule has 0 saturated carbocycles. The standard InChI is InChI=1S/C20H24F3N5O2S2/c1-10-15(11-5-6-25-14(7-11)19(2,3)20(21,22)23)32-17(26-10)27-18(29)28-9-12(30-4)8-13(28)16(24)31/h5-7,12-13H,8-9H2,1-4H3,(H2,24,31)(H,26,27,29)/t12-,13-/m0/s1. The maximum absolute atomic E-state index is 13.4. The number of carbonyl (C=O) groups excluding carboxylic acids is 1. The number of aryl methyl sites for hydroxylation is 1. The number of aromatic nitrogens is 2. The number of carbonyl (C=O) groups is 1. The highest BCUT2D eigenvalue weighted by Gasteiger charge is 2.49. The summed E-state index contributed by atoms with van der Waals surface area (Å²) in [4.78, 5) is 23.5. The van der Waals surface area contributed by atoms with Crippen LogP contribution in [0.3, 0.4) is 0 Å². The van der Waals surface area contributed by atoms with Gasteiger partial charge in [-0.1, -0.05) is 23.6 Å². The summed E-state index contributed by atoms with van der Waals surface area (Å²) in [6, 6.07) is 2.18. The van der Waals surface area contributed by atoms with E-state index >= 15 is 0 Å². The first-order chi connectivity index (χ1) is 14.8. The zero-order chi connectivity index (χ0) is 23.8. The summed E-state index contributed by atoms with van der Waals surface area (Å²) in [5.74, 6) is 0. The number of thiocarbonyl (C=S) groups is 1. The number of amides is 2. The van der Waals surface area contributed by atoms with Crippen molar-refractivity contribution in [1.29, 1.82) is 0 Å². The number of methoxy groups -OCH3 is 1. The SMILES string of the molecule is CO[C@H]1C[C@@H](C(N)=S)N(C(=O)Nc2nc(C)c(-c3ccnc(C(C)(C)C(F)(F)F)c3)s2)C1. The number of urea groups is 1. The Balaban J connectivity index is 1.84. The van der Waals surface area contributed by atoms with E-state index in [0.717, 1.165) is 13.8 Å². The molecule has 12 heteroatoms. The van der Waals surface area contributed by atoms with Crippen molar-refractivity contribution in [1.82, 2.24) is 14.9 Å². The third-order valence-electron chi connectivity index (χ3n) is 5.57. The van der Waals surface area contributed by atoms with E-state index in [1.807, 2.05) is 0 Å². The van der Waals surface area contributed by atoms with Crippen LogP contribution in [0.15, 0.2) is 18.3 Å². The van der Waals surface area contributed by atoms with Gasteiger partial charge in [0.2, 0.25) is 0 Å². The first kappa shape index (κ1) is 24.3. The molecule has 1 aliphatic rings. The van der Waals surface area contributed by atoms with Gasteiger partial charge in [-0.05, 0) is 38.5 Å². The highest BCUT2D eigenvalue weighted by Crippen LogP contribution is 2.41. The van der Waals surface area contributed by atoms with Gasteiger partial charge in [0.25, 0.3) is 0 Å². The third-order valence-corrected chi connectivity index (χ3v) is 6.96. The van der Waals surface area contributed by atoms with E-state index in [-0.39, 0.29) is 16.8 Å². The first-order valence-corrected chi connectivity index (χ1v) is 11.0. The minimum absolute atomic E-state index is 0.0946. The molecule has 0 aromatic carbocycles. The maximum atomic E-state index is 13.4. The molecule has 0 unspecified atom stereocenters. The van der Waals surface area contributed by atoms with Crippen molar-refractivity contribution < 1.29 is 22.7 Å². The number of alkyl halides is 3. The van der Waals surface area contributed by atoms with Gasteiger partial charge in [-0.15, -0.1) is 0 Å². The van der Waals surface area contributed by atoms with Crippen molar-refractivity contribution in [2.75, 3.05) is 19.0 Å². The summed E-state index contributed by atoms with van der Waals surface area (Å²) in [5.41, 5.74) is 4.70. The van der Waals surface area contributed by atoms with Gasteiger partial charge < -0.3 is 15.4 Å². The summed E-state index contributed by atoms with van der Waals surface area (Å²) in [6.45, 7) is 4.24. The Morgan fingerprint density at radius 3 is 2.69 bits per heavy atom. The summed E-state index contributed by atoms with van der Waals surface area (Å²) in [7, 11) is 1.56. The number of nitrogens with two attached hydrogens (primary N) is 1. The molecule has 0 spiro atoms. The zero-order valence-corrected chi connectivity index (χ0v) is 19.6. The number of pyridine rings is 1. The van der Waals surface area contributed by atoms with E-state index in [2.05, 4.69) is 15.3 Å². The van der Waals surface area contributed by atoms with E-state index in [0.29, 0.717) is 34.2 Å². The fourth-order valence-electron chi connectivity index (χ4n) is 3.40. The van der Waals surface area contributed by atoms with Gasteiger partial charge in [0.05, 0.1) is 33.4 Å². The van der Waals surface area contributed by atoms with Crippen molar-refractivity contribution in [3.8, 4) is 10.4 Å². The number of thiazole rings is 1. The number of hydrogen-bond acceptors (Lipinski definition) is 6. The first-order valence-electron chi connectivity index (χ1n) is 9.76. The van der Waals surface area contributed by atoms with Crippen LogP contribution in [0.5, 0.6) is 0 Å². The minimum atomic E-state index is -4.45. The van der Waals surface area contributed by atoms with Crippen molar-refractivity contribution in [2.45, 2.75) is 50.9 Å². The Morgan fingerprint density at radius 2 is 2.09 bits per heavy atom. The number of ether oxygens (including phenoxy) is 1. The lowest BCUT2D eigenvalue weighted by Crippen LogP contribution is -2.45. The summed E-state index contributed by atoms with van der Waals surface area (Å²) in [5, 5.41) is 3.06. The minimum Gasteiger partial charge on any atom is -0.392 e. The van der Waals surface area contributed by atoms with E-state index in [1.54, 1.807) is 20.1 Å². The van der Waals surface area contributed by atoms with Gasteiger partial charge in [-0.2, -0.15) is 13.2 Å². The molecular formula is C20H24F3N5O2S2. The highest BCUT2D eigenvalue weighted by atomic mass is 32.1. The van der Waals surface area contributed by atoms with E-state index in [4.69, 9.17) is 22.7 Å². The van der Waals surface area contributed by atoms with E-state index < -0.39 is 23.7 Å². The maximum Gasteiger partial charge on any atom is 0.399 e. The topological polar surface area (TPSA) is 93.4 Å². The van der Waals surface area contributed by atoms with Gasteiger partial charge in [0.15, 0.2) is 5.13 Å². The molecule has 2 aromatic rings. The molecule has 1 aliphatic heterocycles. The molecule has 0 radical (unpaired) electrons. The Morgan fingerprint density at radius 1 is 1.41 bits per heavy atom. The Labute approximate surface area is 193 Å². The molecule has 2 amide bonds. The van der Waals surface area contributed by atoms with Crippen LogP contribution in [0, 0.1) is 6.92 Å². The molecule has 1 saturated heterocycles. The quantitative estimate of drug-likeness (QED) is 0.612. The van der Waals surface area contributed by atoms with Gasteiger partial charge in [-0.3, -0.25) is 10.3 Å². The molecule has 3 heterocycles. The number of hydrogen-bond donors (Lipinski definition) is 2. The van der Waals surface area contributed by atoms with Gasteiger partial charge >= 0.3 is 12.2 Å². The molecule has 1 fully saturated rings. The average Bonchev–Trinajstić information content (AvgIpc) is 3.31. The molecule has 32 heavy (non-hydrogen) atoms. The summed E-state index contributed by atoms with van der Waals surface area (Å²) in [6.07, 6.45) is -2.77. The zero-order valence-electron chi connectivity index (χ0n) is 18.0. The second kappa shape index (κ2) is 8.91. The lowest BCUT2D eigenvalue weighted by Gasteiger charge is -2.27. The molecule has 0 aliphatic carbocycles. The lowest BCUT2D eigenvalue weighted by atomic mass is 9.87. The van der Waals surface area contributed by atoms with Crippen LogP contribution in [0.25, 0.3) is 10.4 Å². The van der Waals surface area contributed by atoms with Gasteiger partial charge in [0.1, 0.15) is 5.41 Å². The van der Waals surface area contributed by atoms with Crippen molar-refractivity contribution in [2.24, 2.45) is 5.73 Å². The number of nitrogens with zero attached hydrogens (tertiary/aromatic N) is 3. The second-order valence-corrected chi connectivity index (χ2v) is 9.55. The predicted octanol–water partition coefficient (Wildman–Crippen LogP) is 4.26. The molecular weight excluding hydrogens is 463 g/mol.